The van der Waals surface area contributed by atoms with Crippen molar-refractivity contribution in [1.29, 1.82) is 0 Å². The lowest BCUT2D eigenvalue weighted by molar-refractivity contribution is -0.0815. The summed E-state index contributed by atoms with van der Waals surface area (Å²) in [7, 11) is 0. The van der Waals surface area contributed by atoms with Crippen LogP contribution in [-0.2, 0) is 4.74 Å². The quantitative estimate of drug-likeness (QED) is 0.895. The van der Waals surface area contributed by atoms with Crippen molar-refractivity contribution in [3.63, 3.8) is 0 Å². The Morgan fingerprint density at radius 2 is 1.85 bits per heavy atom. The molecular weight excluding hydrogens is 268 g/mol. The van der Waals surface area contributed by atoms with Gasteiger partial charge in [0.1, 0.15) is 18.2 Å². The summed E-state index contributed by atoms with van der Waals surface area (Å²) in [5.41, 5.74) is -0.600. The molecule has 0 saturated heterocycles. The average molecular weight is 287 g/mol. The number of ether oxygens (including phenoxy) is 1. The summed E-state index contributed by atoms with van der Waals surface area (Å²) in [6, 6.07) is 6.07. The second-order valence-corrected chi connectivity index (χ2v) is 5.41. The molecular formula is C14H19F2NO3. The number of halogens is 2. The van der Waals surface area contributed by atoms with Crippen LogP contribution in [0, 0.1) is 0 Å². The summed E-state index contributed by atoms with van der Waals surface area (Å²) in [6.07, 6.45) is -0.959. The molecule has 0 spiro atoms. The number of amides is 1. The highest BCUT2D eigenvalue weighted by Gasteiger charge is 2.41. The Labute approximate surface area is 116 Å². The molecule has 1 aromatic carbocycles. The molecule has 0 saturated carbocycles. The van der Waals surface area contributed by atoms with Crippen LogP contribution in [0.1, 0.15) is 32.4 Å². The molecule has 0 aromatic heterocycles. The smallest absolute Gasteiger partial charge is 0.408 e. The average Bonchev–Trinajstić information content (AvgIpc) is 2.35. The first kappa shape index (κ1) is 16.4. The molecule has 0 aliphatic heterocycles. The van der Waals surface area contributed by atoms with E-state index in [1.165, 1.54) is 12.1 Å². The largest absolute Gasteiger partial charge is 0.444 e. The Balaban J connectivity index is 2.93. The second kappa shape index (κ2) is 6.17. The van der Waals surface area contributed by atoms with Gasteiger partial charge in [-0.15, -0.1) is 0 Å². The van der Waals surface area contributed by atoms with Gasteiger partial charge in [-0.25, -0.2) is 13.6 Å². The van der Waals surface area contributed by atoms with E-state index in [1.807, 2.05) is 0 Å². The van der Waals surface area contributed by atoms with Crippen molar-refractivity contribution in [3.8, 4) is 0 Å². The molecule has 1 aromatic rings. The molecule has 20 heavy (non-hydrogen) atoms. The molecule has 1 amide bonds. The van der Waals surface area contributed by atoms with Crippen molar-refractivity contribution in [2.24, 2.45) is 0 Å². The summed E-state index contributed by atoms with van der Waals surface area (Å²) < 4.78 is 32.5. The summed E-state index contributed by atoms with van der Waals surface area (Å²) in [4.78, 5) is 11.7. The number of alkyl carbamates (subject to hydrolysis) is 1. The first-order chi connectivity index (χ1) is 9.15. The van der Waals surface area contributed by atoms with Crippen LogP contribution >= 0.6 is 0 Å². The molecule has 0 aliphatic carbocycles. The molecule has 112 valence electrons. The van der Waals surface area contributed by atoms with E-state index in [-0.39, 0.29) is 5.56 Å². The molecule has 0 radical (unpaired) electrons. The van der Waals surface area contributed by atoms with Crippen LogP contribution in [0.3, 0.4) is 0 Å². The van der Waals surface area contributed by atoms with Gasteiger partial charge in [-0.2, -0.15) is 0 Å². The Bertz CT molecular complexity index is 443. The van der Waals surface area contributed by atoms with Gasteiger partial charge in [0.05, 0.1) is 0 Å². The third kappa shape index (κ3) is 4.77. The summed E-state index contributed by atoms with van der Waals surface area (Å²) in [6.45, 7) is 3.53. The zero-order chi connectivity index (χ0) is 15.4. The summed E-state index contributed by atoms with van der Waals surface area (Å²) in [5, 5.41) is 10.9. The molecule has 2 N–H and O–H groups in total. The van der Waals surface area contributed by atoms with E-state index in [4.69, 9.17) is 9.84 Å². The Morgan fingerprint density at radius 3 is 2.30 bits per heavy atom. The fraction of sp³-hybridized carbons (Fsp3) is 0.500. The second-order valence-electron chi connectivity index (χ2n) is 5.41. The van der Waals surface area contributed by atoms with Crippen molar-refractivity contribution in [3.05, 3.63) is 35.9 Å². The molecule has 6 heteroatoms. The van der Waals surface area contributed by atoms with Crippen molar-refractivity contribution >= 4 is 6.09 Å². The number of carbonyl (C=O) groups is 1. The predicted octanol–water partition coefficient (Wildman–Crippen LogP) is 2.88. The number of nitrogens with one attached hydrogen (secondary N) is 1. The molecule has 1 rings (SSSR count). The first-order valence-electron chi connectivity index (χ1n) is 6.19. The van der Waals surface area contributed by atoms with Crippen LogP contribution in [0.15, 0.2) is 30.3 Å². The fourth-order valence-electron chi connectivity index (χ4n) is 1.59. The van der Waals surface area contributed by atoms with Gasteiger partial charge in [0.15, 0.2) is 0 Å². The van der Waals surface area contributed by atoms with E-state index in [1.54, 1.807) is 39.0 Å². The highest BCUT2D eigenvalue weighted by molar-refractivity contribution is 5.68. The van der Waals surface area contributed by atoms with Crippen LogP contribution in [0.2, 0.25) is 0 Å². The van der Waals surface area contributed by atoms with E-state index in [0.717, 1.165) is 0 Å². The Morgan fingerprint density at radius 1 is 1.30 bits per heavy atom. The molecule has 1 unspecified atom stereocenters. The molecule has 0 fully saturated rings. The van der Waals surface area contributed by atoms with Gasteiger partial charge in [-0.1, -0.05) is 30.3 Å². The minimum atomic E-state index is -3.49. The topological polar surface area (TPSA) is 58.6 Å². The highest BCUT2D eigenvalue weighted by Crippen LogP contribution is 2.31. The molecule has 0 bridgehead atoms. The van der Waals surface area contributed by atoms with E-state index in [0.29, 0.717) is 0 Å². The number of aliphatic hydroxyl groups is 1. The zero-order valence-electron chi connectivity index (χ0n) is 11.7. The summed E-state index contributed by atoms with van der Waals surface area (Å²) >= 11 is 0. The van der Waals surface area contributed by atoms with Crippen LogP contribution < -0.4 is 5.32 Å². The standard InChI is InChI=1S/C14H19F2NO3/c1-13(2,3)20-12(19)17-11(14(15,16)9-18)10-7-5-4-6-8-10/h4-8,11,18H,9H2,1-3H3,(H,17,19). The maximum absolute atomic E-state index is 13.8. The van der Waals surface area contributed by atoms with Gasteiger partial charge < -0.3 is 15.2 Å². The SMILES string of the molecule is CC(C)(C)OC(=O)NC(c1ccccc1)C(F)(F)CO. The third-order valence-electron chi connectivity index (χ3n) is 2.43. The molecule has 0 heterocycles. The van der Waals surface area contributed by atoms with Crippen LogP contribution in [0.25, 0.3) is 0 Å². The zero-order valence-corrected chi connectivity index (χ0v) is 11.7. The lowest BCUT2D eigenvalue weighted by atomic mass is 10.0. The number of hydrogen-bond donors (Lipinski definition) is 2. The minimum absolute atomic E-state index is 0.192. The van der Waals surface area contributed by atoms with Gasteiger partial charge in [-0.05, 0) is 26.3 Å². The third-order valence-corrected chi connectivity index (χ3v) is 2.43. The number of hydrogen-bond acceptors (Lipinski definition) is 3. The maximum Gasteiger partial charge on any atom is 0.408 e. The van der Waals surface area contributed by atoms with Gasteiger partial charge >= 0.3 is 6.09 Å². The predicted molar refractivity (Wildman–Crippen MR) is 70.6 cm³/mol. The first-order valence-corrected chi connectivity index (χ1v) is 6.19. The molecule has 0 aliphatic rings. The number of rotatable bonds is 4. The van der Waals surface area contributed by atoms with Gasteiger partial charge in [0, 0.05) is 0 Å². The number of benzene rings is 1. The minimum Gasteiger partial charge on any atom is -0.444 e. The number of aliphatic hydroxyl groups excluding tert-OH is 1. The number of alkyl halides is 2. The van der Waals surface area contributed by atoms with Crippen LogP contribution in [0.5, 0.6) is 0 Å². The van der Waals surface area contributed by atoms with Crippen LogP contribution in [-0.4, -0.2) is 29.3 Å². The Kier molecular flexibility index (Phi) is 5.05. The van der Waals surface area contributed by atoms with Crippen molar-refractivity contribution in [1.82, 2.24) is 5.32 Å². The summed E-state index contributed by atoms with van der Waals surface area (Å²) in [5.74, 6) is -3.49. The fourth-order valence-corrected chi connectivity index (χ4v) is 1.59. The molecule has 1 atom stereocenters. The molecule has 4 nitrogen and oxygen atoms in total. The van der Waals surface area contributed by atoms with E-state index in [2.05, 4.69) is 5.32 Å². The van der Waals surface area contributed by atoms with Gasteiger partial charge in [-0.3, -0.25) is 0 Å². The van der Waals surface area contributed by atoms with E-state index >= 15 is 0 Å². The van der Waals surface area contributed by atoms with Crippen molar-refractivity contribution in [2.45, 2.75) is 38.3 Å². The van der Waals surface area contributed by atoms with E-state index < -0.39 is 30.3 Å². The van der Waals surface area contributed by atoms with Gasteiger partial charge in [0.25, 0.3) is 5.92 Å². The number of carbonyl (C=O) groups excluding carboxylic acids is 1. The highest BCUT2D eigenvalue weighted by atomic mass is 19.3. The van der Waals surface area contributed by atoms with E-state index in [9.17, 15) is 13.6 Å². The Hall–Kier alpha value is -1.69. The normalized spacial score (nSPS) is 13.7. The lowest BCUT2D eigenvalue weighted by Gasteiger charge is -2.28. The van der Waals surface area contributed by atoms with Gasteiger partial charge in [0.2, 0.25) is 0 Å². The van der Waals surface area contributed by atoms with Crippen molar-refractivity contribution < 1.29 is 23.4 Å². The maximum atomic E-state index is 13.8. The monoisotopic (exact) mass is 287 g/mol. The lowest BCUT2D eigenvalue weighted by Crippen LogP contribution is -2.44. The van der Waals surface area contributed by atoms with Crippen LogP contribution in [0.4, 0.5) is 13.6 Å². The van der Waals surface area contributed by atoms with Crippen molar-refractivity contribution in [2.75, 3.05) is 6.61 Å².